The number of amides is 1. The van der Waals surface area contributed by atoms with Crippen molar-refractivity contribution in [2.45, 2.75) is 12.5 Å². The number of carbonyl (C=O) groups is 1. The van der Waals surface area contributed by atoms with Gasteiger partial charge < -0.3 is 15.1 Å². The van der Waals surface area contributed by atoms with Crippen molar-refractivity contribution in [1.82, 2.24) is 14.9 Å². The van der Waals surface area contributed by atoms with Gasteiger partial charge in [-0.2, -0.15) is 0 Å². The van der Waals surface area contributed by atoms with Crippen molar-refractivity contribution >= 4 is 28.4 Å². The van der Waals surface area contributed by atoms with E-state index in [1.54, 1.807) is 0 Å². The minimum absolute atomic E-state index is 0.0276. The van der Waals surface area contributed by atoms with Crippen LogP contribution in [-0.2, 0) is 11.2 Å². The summed E-state index contributed by atoms with van der Waals surface area (Å²) in [6.45, 7) is 2.82. The maximum Gasteiger partial charge on any atom is 0.228 e. The fraction of sp³-hybridized carbons (Fsp3) is 0.182. The molecule has 6 heteroatoms. The molecule has 1 N–H and O–H groups in total. The maximum absolute atomic E-state index is 12.4. The zero-order chi connectivity index (χ0) is 26.6. The number of hydrogen-bond donors (Lipinski definition) is 1. The average Bonchev–Trinajstić information content (AvgIpc) is 2.98. The van der Waals surface area contributed by atoms with E-state index in [2.05, 4.69) is 64.6 Å². The second-order valence-corrected chi connectivity index (χ2v) is 10.1. The summed E-state index contributed by atoms with van der Waals surface area (Å²) in [4.78, 5) is 27.0. The lowest BCUT2D eigenvalue weighted by molar-refractivity contribution is -0.115. The lowest BCUT2D eigenvalue weighted by Gasteiger charge is -2.41. The van der Waals surface area contributed by atoms with Crippen LogP contribution in [0.5, 0.6) is 0 Å². The molecule has 1 fully saturated rings. The Balaban J connectivity index is 1.22. The molecule has 0 spiro atoms. The van der Waals surface area contributed by atoms with Gasteiger partial charge in [0, 0.05) is 25.3 Å². The number of piperazine rings is 1. The number of nitrogens with zero attached hydrogens (tertiary/aromatic N) is 4. The molecule has 1 aliphatic rings. The topological polar surface area (TPSA) is 61.4 Å². The number of hydrogen-bond acceptors (Lipinski definition) is 5. The first-order valence-electron chi connectivity index (χ1n) is 13.3. The molecule has 4 aromatic carbocycles. The van der Waals surface area contributed by atoms with Crippen molar-refractivity contribution < 1.29 is 4.79 Å². The normalized spacial score (nSPS) is 15.8. The summed E-state index contributed by atoms with van der Waals surface area (Å²) in [5.41, 5.74) is 6.94. The maximum atomic E-state index is 12.4. The van der Waals surface area contributed by atoms with Gasteiger partial charge in [0.05, 0.1) is 29.7 Å². The third kappa shape index (κ3) is 5.66. The zero-order valence-electron chi connectivity index (χ0n) is 22.0. The highest BCUT2D eigenvalue weighted by atomic mass is 16.1. The Morgan fingerprint density at radius 2 is 1.56 bits per heavy atom. The molecule has 1 amide bonds. The van der Waals surface area contributed by atoms with E-state index in [4.69, 9.17) is 9.97 Å². The van der Waals surface area contributed by atoms with Crippen molar-refractivity contribution in [2.75, 3.05) is 36.9 Å². The van der Waals surface area contributed by atoms with Crippen molar-refractivity contribution in [3.05, 3.63) is 120 Å². The third-order valence-electron chi connectivity index (χ3n) is 7.30. The zero-order valence-corrected chi connectivity index (χ0v) is 22.0. The fourth-order valence-electron chi connectivity index (χ4n) is 5.21. The SMILES string of the molecule is CN1CCN(c2cnc3ccc(-c4ccc(NC(=O)Cc5ccccc5)cc4)cc3n2)C(c2ccccc2)C1. The second-order valence-electron chi connectivity index (χ2n) is 10.1. The predicted octanol–water partition coefficient (Wildman–Crippen LogP) is 5.97. The Labute approximate surface area is 229 Å². The molecule has 0 radical (unpaired) electrons. The largest absolute Gasteiger partial charge is 0.346 e. The van der Waals surface area contributed by atoms with E-state index >= 15 is 0 Å². The van der Waals surface area contributed by atoms with E-state index in [1.807, 2.05) is 66.9 Å². The lowest BCUT2D eigenvalue weighted by Crippen LogP contribution is -2.47. The second kappa shape index (κ2) is 11.1. The molecule has 0 saturated carbocycles. The molecule has 1 aliphatic heterocycles. The number of carbonyl (C=O) groups excluding carboxylic acids is 1. The van der Waals surface area contributed by atoms with Crippen LogP contribution in [0.2, 0.25) is 0 Å². The quantitative estimate of drug-likeness (QED) is 0.303. The summed E-state index contributed by atoms with van der Waals surface area (Å²) in [5.74, 6) is 0.873. The molecule has 1 unspecified atom stereocenters. The van der Waals surface area contributed by atoms with Crippen LogP contribution < -0.4 is 10.2 Å². The van der Waals surface area contributed by atoms with Crippen LogP contribution in [0.25, 0.3) is 22.2 Å². The molecular formula is C33H31N5O. The first kappa shape index (κ1) is 24.8. The smallest absolute Gasteiger partial charge is 0.228 e. The van der Waals surface area contributed by atoms with Gasteiger partial charge in [0.25, 0.3) is 0 Å². The Kier molecular flexibility index (Phi) is 7.02. The van der Waals surface area contributed by atoms with Gasteiger partial charge >= 0.3 is 0 Å². The Bertz CT molecular complexity index is 1570. The van der Waals surface area contributed by atoms with E-state index in [-0.39, 0.29) is 11.9 Å². The van der Waals surface area contributed by atoms with Gasteiger partial charge in [0.2, 0.25) is 5.91 Å². The van der Waals surface area contributed by atoms with Crippen molar-refractivity contribution in [3.8, 4) is 11.1 Å². The summed E-state index contributed by atoms with van der Waals surface area (Å²) in [5, 5.41) is 2.99. The first-order valence-corrected chi connectivity index (χ1v) is 13.3. The lowest BCUT2D eigenvalue weighted by atomic mass is 10.0. The van der Waals surface area contributed by atoms with Crippen molar-refractivity contribution in [2.24, 2.45) is 0 Å². The van der Waals surface area contributed by atoms with Gasteiger partial charge in [0.15, 0.2) is 0 Å². The Morgan fingerprint density at radius 1 is 0.846 bits per heavy atom. The summed E-state index contributed by atoms with van der Waals surface area (Å²) < 4.78 is 0. The van der Waals surface area contributed by atoms with Crippen LogP contribution in [0.1, 0.15) is 17.2 Å². The van der Waals surface area contributed by atoms with E-state index in [9.17, 15) is 4.79 Å². The summed E-state index contributed by atoms with van der Waals surface area (Å²) in [7, 11) is 2.17. The molecular weight excluding hydrogens is 482 g/mol. The molecule has 6 rings (SSSR count). The third-order valence-corrected chi connectivity index (χ3v) is 7.30. The minimum atomic E-state index is -0.0276. The molecule has 5 aromatic rings. The molecule has 1 aromatic heterocycles. The predicted molar refractivity (Wildman–Crippen MR) is 158 cm³/mol. The van der Waals surface area contributed by atoms with E-state index in [0.29, 0.717) is 6.42 Å². The molecule has 0 aliphatic carbocycles. The summed E-state index contributed by atoms with van der Waals surface area (Å²) in [6.07, 6.45) is 2.25. The molecule has 39 heavy (non-hydrogen) atoms. The van der Waals surface area contributed by atoms with Crippen LogP contribution in [0.15, 0.2) is 109 Å². The molecule has 0 bridgehead atoms. The van der Waals surface area contributed by atoms with Crippen LogP contribution in [0.4, 0.5) is 11.5 Å². The number of likely N-dealkylation sites (N-methyl/N-ethyl adjacent to an activating group) is 1. The van der Waals surface area contributed by atoms with Gasteiger partial charge in [-0.1, -0.05) is 78.9 Å². The highest BCUT2D eigenvalue weighted by molar-refractivity contribution is 5.92. The first-order chi connectivity index (χ1) is 19.1. The Hall–Kier alpha value is -4.55. The highest BCUT2D eigenvalue weighted by Crippen LogP contribution is 2.31. The van der Waals surface area contributed by atoms with Crippen LogP contribution in [0, 0.1) is 0 Å². The number of rotatable bonds is 6. The minimum Gasteiger partial charge on any atom is -0.346 e. The molecule has 2 heterocycles. The van der Waals surface area contributed by atoms with Gasteiger partial charge in [-0.15, -0.1) is 0 Å². The van der Waals surface area contributed by atoms with Gasteiger partial charge in [-0.3, -0.25) is 9.78 Å². The Morgan fingerprint density at radius 3 is 2.33 bits per heavy atom. The fourth-order valence-corrected chi connectivity index (χ4v) is 5.21. The van der Waals surface area contributed by atoms with Crippen molar-refractivity contribution in [1.29, 1.82) is 0 Å². The number of aromatic nitrogens is 2. The van der Waals surface area contributed by atoms with Crippen LogP contribution in [-0.4, -0.2) is 47.5 Å². The number of benzene rings is 4. The summed E-state index contributed by atoms with van der Waals surface area (Å²) in [6, 6.07) is 34.8. The van der Waals surface area contributed by atoms with E-state index in [1.165, 1.54) is 5.56 Å². The van der Waals surface area contributed by atoms with Gasteiger partial charge in [0.1, 0.15) is 5.82 Å². The molecule has 194 valence electrons. The van der Waals surface area contributed by atoms with Gasteiger partial charge in [-0.05, 0) is 53.6 Å². The highest BCUT2D eigenvalue weighted by Gasteiger charge is 2.28. The summed E-state index contributed by atoms with van der Waals surface area (Å²) >= 11 is 0. The van der Waals surface area contributed by atoms with Crippen molar-refractivity contribution in [3.63, 3.8) is 0 Å². The average molecular weight is 514 g/mol. The van der Waals surface area contributed by atoms with Gasteiger partial charge in [-0.25, -0.2) is 4.98 Å². The van der Waals surface area contributed by atoms with E-state index in [0.717, 1.165) is 58.9 Å². The van der Waals surface area contributed by atoms with Crippen LogP contribution in [0.3, 0.4) is 0 Å². The number of nitrogens with one attached hydrogen (secondary N) is 1. The molecule has 1 saturated heterocycles. The number of anilines is 2. The molecule has 1 atom stereocenters. The number of fused-ring (bicyclic) bond motifs is 1. The van der Waals surface area contributed by atoms with Crippen LogP contribution >= 0.6 is 0 Å². The standard InChI is InChI=1S/C33H31N5O/c1-37-18-19-38(31(23-37)26-10-6-3-7-11-26)32-22-34-29-17-14-27(21-30(29)36-32)25-12-15-28(16-13-25)35-33(39)20-24-8-4-2-5-9-24/h2-17,21-22,31H,18-20,23H2,1H3,(H,35,39). The van der Waals surface area contributed by atoms with E-state index < -0.39 is 0 Å². The molecule has 6 nitrogen and oxygen atoms in total. The monoisotopic (exact) mass is 513 g/mol.